The summed E-state index contributed by atoms with van der Waals surface area (Å²) in [5, 5.41) is 0. The van der Waals surface area contributed by atoms with E-state index >= 15 is 0 Å². The Balaban J connectivity index is 0. The summed E-state index contributed by atoms with van der Waals surface area (Å²) in [5.41, 5.74) is 0. The van der Waals surface area contributed by atoms with Gasteiger partial charge in [0.25, 0.3) is 0 Å². The van der Waals surface area contributed by atoms with Gasteiger partial charge in [-0.25, -0.2) is 0 Å². The first kappa shape index (κ1) is 14.9. The second-order valence-corrected chi connectivity index (χ2v) is 4.25. The van der Waals surface area contributed by atoms with Crippen molar-refractivity contribution < 1.29 is 42.8 Å². The fourth-order valence-corrected chi connectivity index (χ4v) is 2.14. The number of hydrogen-bond acceptors (Lipinski definition) is 1. The Hall–Kier alpha value is 1.44. The molecule has 0 rings (SSSR count). The average molecular weight is 321 g/mol. The van der Waals surface area contributed by atoms with Gasteiger partial charge in [-0.1, -0.05) is 26.7 Å². The molecule has 3 heteroatoms. The van der Waals surface area contributed by atoms with E-state index in [4.69, 9.17) is 0 Å². The topological polar surface area (TPSA) is 17.1 Å². The SMILES string of the molecule is CCCCS(=O)CCCC.[Tb+3]. The van der Waals surface area contributed by atoms with Crippen molar-refractivity contribution in [1.29, 1.82) is 0 Å². The molecule has 0 atom stereocenters. The van der Waals surface area contributed by atoms with E-state index in [2.05, 4.69) is 13.8 Å². The molecule has 0 heterocycles. The zero-order chi connectivity index (χ0) is 7.82. The van der Waals surface area contributed by atoms with Crippen LogP contribution in [0.15, 0.2) is 0 Å². The normalized spacial score (nSPS) is 9.73. The third-order valence-electron chi connectivity index (χ3n) is 1.45. The zero-order valence-electron chi connectivity index (χ0n) is 7.39. The van der Waals surface area contributed by atoms with Crippen LogP contribution >= 0.6 is 0 Å². The van der Waals surface area contributed by atoms with Crippen molar-refractivity contribution in [2.24, 2.45) is 0 Å². The van der Waals surface area contributed by atoms with Crippen LogP contribution in [0.1, 0.15) is 39.5 Å². The van der Waals surface area contributed by atoms with Gasteiger partial charge in [0, 0.05) is 22.3 Å². The molecule has 0 amide bonds. The summed E-state index contributed by atoms with van der Waals surface area (Å²) in [5.74, 6) is 1.83. The van der Waals surface area contributed by atoms with Gasteiger partial charge in [0.05, 0.1) is 0 Å². The molecule has 0 saturated carbocycles. The van der Waals surface area contributed by atoms with E-state index in [0.29, 0.717) is 0 Å². The fourth-order valence-electron chi connectivity index (χ4n) is 0.713. The predicted molar refractivity (Wildman–Crippen MR) is 47.7 cm³/mol. The third-order valence-corrected chi connectivity index (χ3v) is 2.94. The van der Waals surface area contributed by atoms with E-state index in [1.54, 1.807) is 0 Å². The quantitative estimate of drug-likeness (QED) is 0.734. The van der Waals surface area contributed by atoms with Crippen LogP contribution in [0.4, 0.5) is 0 Å². The average Bonchev–Trinajstić information content (AvgIpc) is 1.97. The minimum atomic E-state index is -0.520. The molecule has 0 aliphatic heterocycles. The van der Waals surface area contributed by atoms with Crippen molar-refractivity contribution in [3.05, 3.63) is 0 Å². The van der Waals surface area contributed by atoms with Crippen LogP contribution in [0.3, 0.4) is 0 Å². The summed E-state index contributed by atoms with van der Waals surface area (Å²) < 4.78 is 11.1. The van der Waals surface area contributed by atoms with E-state index in [1.807, 2.05) is 0 Å². The van der Waals surface area contributed by atoms with Crippen molar-refractivity contribution in [2.75, 3.05) is 11.5 Å². The van der Waals surface area contributed by atoms with E-state index in [-0.39, 0.29) is 38.6 Å². The van der Waals surface area contributed by atoms with Gasteiger partial charge in [0.15, 0.2) is 0 Å². The molecular formula is C8H18OSTb+3. The zero-order valence-corrected chi connectivity index (χ0v) is 10.3. The molecule has 68 valence electrons. The van der Waals surface area contributed by atoms with Crippen molar-refractivity contribution >= 4 is 10.8 Å². The van der Waals surface area contributed by atoms with Crippen LogP contribution in [0.25, 0.3) is 0 Å². The number of hydrogen-bond donors (Lipinski definition) is 0. The molecule has 0 bridgehead atoms. The van der Waals surface area contributed by atoms with Gasteiger partial charge < -0.3 is 0 Å². The van der Waals surface area contributed by atoms with Crippen LogP contribution < -0.4 is 0 Å². The van der Waals surface area contributed by atoms with Crippen LogP contribution in [-0.4, -0.2) is 15.7 Å². The standard InChI is InChI=1S/C8H18OS.Tb/c1-3-5-7-10(9)8-6-4-2;/h3-8H2,1-2H3;/q;+3. The maximum absolute atomic E-state index is 11.1. The molecule has 1 nitrogen and oxygen atoms in total. The van der Waals surface area contributed by atoms with Crippen molar-refractivity contribution in [3.8, 4) is 0 Å². The molecule has 11 heavy (non-hydrogen) atoms. The molecule has 0 aliphatic carbocycles. The second-order valence-electron chi connectivity index (χ2n) is 2.56. The van der Waals surface area contributed by atoms with Gasteiger partial charge in [-0.15, -0.1) is 0 Å². The first-order valence-corrected chi connectivity index (χ1v) is 5.65. The van der Waals surface area contributed by atoms with E-state index < -0.39 is 10.8 Å². The number of unbranched alkanes of at least 4 members (excludes halogenated alkanes) is 2. The summed E-state index contributed by atoms with van der Waals surface area (Å²) in [6.45, 7) is 4.27. The fraction of sp³-hybridized carbons (Fsp3) is 1.00. The Morgan fingerprint density at radius 1 is 1.00 bits per heavy atom. The summed E-state index contributed by atoms with van der Waals surface area (Å²) in [6.07, 6.45) is 4.57. The molecular weight excluding hydrogens is 303 g/mol. The molecule has 0 aromatic rings. The van der Waals surface area contributed by atoms with E-state index in [9.17, 15) is 4.21 Å². The van der Waals surface area contributed by atoms with Crippen LogP contribution in [0.2, 0.25) is 0 Å². The Labute approximate surface area is 104 Å². The van der Waals surface area contributed by atoms with Gasteiger partial charge >= 0.3 is 38.6 Å². The van der Waals surface area contributed by atoms with Crippen molar-refractivity contribution in [3.63, 3.8) is 0 Å². The Bertz CT molecular complexity index is 86.1. The van der Waals surface area contributed by atoms with Crippen molar-refractivity contribution in [2.45, 2.75) is 39.5 Å². The summed E-state index contributed by atoms with van der Waals surface area (Å²) >= 11 is 0. The molecule has 0 N–H and O–H groups in total. The monoisotopic (exact) mass is 321 g/mol. The van der Waals surface area contributed by atoms with E-state index in [0.717, 1.165) is 37.2 Å². The minimum absolute atomic E-state index is 0. The molecule has 0 aromatic carbocycles. The summed E-state index contributed by atoms with van der Waals surface area (Å²) in [6, 6.07) is 0. The van der Waals surface area contributed by atoms with Gasteiger partial charge in [0.1, 0.15) is 0 Å². The number of rotatable bonds is 6. The maximum atomic E-state index is 11.1. The Kier molecular flexibility index (Phi) is 15.5. The first-order chi connectivity index (χ1) is 4.81. The van der Waals surface area contributed by atoms with Gasteiger partial charge in [-0.3, -0.25) is 4.21 Å². The largest absolute Gasteiger partial charge is 3.00 e. The molecule has 0 radical (unpaired) electrons. The van der Waals surface area contributed by atoms with Gasteiger partial charge in [-0.2, -0.15) is 0 Å². The Morgan fingerprint density at radius 3 is 1.64 bits per heavy atom. The van der Waals surface area contributed by atoms with Crippen molar-refractivity contribution in [1.82, 2.24) is 0 Å². The predicted octanol–water partition coefficient (Wildman–Crippen LogP) is 2.34. The second kappa shape index (κ2) is 11.4. The van der Waals surface area contributed by atoms with Gasteiger partial charge in [-0.05, 0) is 12.8 Å². The summed E-state index contributed by atoms with van der Waals surface area (Å²) in [7, 11) is -0.520. The molecule has 0 spiro atoms. The smallest absolute Gasteiger partial charge is 0.260 e. The minimum Gasteiger partial charge on any atom is -0.260 e. The van der Waals surface area contributed by atoms with Crippen LogP contribution in [0, 0.1) is 38.6 Å². The molecule has 0 saturated heterocycles. The third kappa shape index (κ3) is 11.4. The maximum Gasteiger partial charge on any atom is 3.00 e. The molecule has 0 fully saturated rings. The first-order valence-electron chi connectivity index (χ1n) is 4.16. The molecule has 0 aromatic heterocycles. The molecule has 0 unspecified atom stereocenters. The molecule has 0 aliphatic rings. The van der Waals surface area contributed by atoms with Crippen LogP contribution in [-0.2, 0) is 10.8 Å². The Morgan fingerprint density at radius 2 is 1.36 bits per heavy atom. The summed E-state index contributed by atoms with van der Waals surface area (Å²) in [4.78, 5) is 0. The van der Waals surface area contributed by atoms with Crippen LogP contribution in [0.5, 0.6) is 0 Å². The van der Waals surface area contributed by atoms with Gasteiger partial charge in [0.2, 0.25) is 0 Å². The van der Waals surface area contributed by atoms with E-state index in [1.165, 1.54) is 0 Å².